The van der Waals surface area contributed by atoms with Crippen LogP contribution in [0.5, 0.6) is 0 Å². The molecule has 24 heavy (non-hydrogen) atoms. The van der Waals surface area contributed by atoms with Crippen molar-refractivity contribution in [2.75, 3.05) is 0 Å². The van der Waals surface area contributed by atoms with Gasteiger partial charge in [0.2, 0.25) is 22.3 Å². The lowest BCUT2D eigenvalue weighted by atomic mass is 10.1. The van der Waals surface area contributed by atoms with Gasteiger partial charge in [0.1, 0.15) is 0 Å². The van der Waals surface area contributed by atoms with Gasteiger partial charge in [-0.05, 0) is 0 Å². The molecule has 2 rings (SSSR count). The highest BCUT2D eigenvalue weighted by atomic mass is 16.3. The van der Waals surface area contributed by atoms with Gasteiger partial charge < -0.3 is 10.2 Å². The summed E-state index contributed by atoms with van der Waals surface area (Å²) in [6, 6.07) is 15.8. The predicted molar refractivity (Wildman–Crippen MR) is 87.2 cm³/mol. The molecule has 0 bridgehead atoms. The maximum absolute atomic E-state index is 12.4. The molecule has 116 valence electrons. The second-order valence-electron chi connectivity index (χ2n) is 4.66. The predicted octanol–water partition coefficient (Wildman–Crippen LogP) is 4.12. The summed E-state index contributed by atoms with van der Waals surface area (Å²) < 4.78 is 0. The van der Waals surface area contributed by atoms with Crippen molar-refractivity contribution in [1.82, 2.24) is 0 Å². The normalized spacial score (nSPS) is 12.2. The van der Waals surface area contributed by atoms with Crippen LogP contribution in [0.4, 0.5) is 0 Å². The van der Waals surface area contributed by atoms with Gasteiger partial charge in [-0.3, -0.25) is 4.79 Å². The first kappa shape index (κ1) is 16.4. The van der Waals surface area contributed by atoms with Crippen molar-refractivity contribution in [3.05, 3.63) is 93.1 Å². The van der Waals surface area contributed by atoms with Crippen molar-refractivity contribution < 1.29 is 15.0 Å². The first-order chi connectivity index (χ1) is 11.6. The molecule has 0 heterocycles. The van der Waals surface area contributed by atoms with Crippen molar-refractivity contribution in [3.8, 4) is 0 Å². The Hall–Kier alpha value is -3.97. The Kier molecular flexibility index (Phi) is 5.02. The van der Waals surface area contributed by atoms with Crippen LogP contribution in [0.3, 0.4) is 0 Å². The van der Waals surface area contributed by atoms with Gasteiger partial charge in [0.25, 0.3) is 0 Å². The number of carbonyl (C=O) groups is 1. The molecule has 7 nitrogen and oxygen atoms in total. The molecule has 0 aliphatic heterocycles. The fraction of sp³-hybridized carbons (Fsp3) is 0. The van der Waals surface area contributed by atoms with Gasteiger partial charge in [-0.15, -0.1) is 0 Å². The van der Waals surface area contributed by atoms with Crippen LogP contribution in [0, 0.1) is 10.8 Å². The standard InChI is InChI=1S/C17H10N4O3/c18-20-13(15(22)11-7-3-1-4-8-11)17(24)14(21-19)16(23)12-9-5-2-6-10-12/h1-10H/p+2. The number of rotatable bonds is 4. The van der Waals surface area contributed by atoms with E-state index in [1.165, 1.54) is 24.3 Å². The molecule has 0 amide bonds. The van der Waals surface area contributed by atoms with Gasteiger partial charge in [-0.2, -0.15) is 0 Å². The van der Waals surface area contributed by atoms with E-state index < -0.39 is 28.7 Å². The third kappa shape index (κ3) is 3.26. The Morgan fingerprint density at radius 2 is 1.04 bits per heavy atom. The van der Waals surface area contributed by atoms with Crippen molar-refractivity contribution in [3.63, 3.8) is 0 Å². The third-order valence-electron chi connectivity index (χ3n) is 3.17. The van der Waals surface area contributed by atoms with E-state index >= 15 is 0 Å². The van der Waals surface area contributed by atoms with Crippen molar-refractivity contribution >= 4 is 17.3 Å². The van der Waals surface area contributed by atoms with Gasteiger partial charge in [0.15, 0.2) is 9.95 Å². The number of hydrogen-bond donors (Lipinski definition) is 2. The number of carbonyl (C=O) groups excluding carboxylic acids is 1. The number of Topliss-reactive ketones (excluding diaryl/α,β-unsaturated/α-hetero) is 1. The highest BCUT2D eigenvalue weighted by Crippen LogP contribution is 2.24. The average Bonchev–Trinajstić information content (AvgIpc) is 2.64. The monoisotopic (exact) mass is 320 g/mol. The Balaban J connectivity index is 2.56. The van der Waals surface area contributed by atoms with Crippen LogP contribution in [0.2, 0.25) is 0 Å². The quantitative estimate of drug-likeness (QED) is 0.499. The van der Waals surface area contributed by atoms with Crippen LogP contribution < -0.4 is 0 Å². The smallest absolute Gasteiger partial charge is 0.481 e. The maximum Gasteiger partial charge on any atom is 0.481 e. The topological polar surface area (TPSA) is 114 Å². The zero-order valence-corrected chi connectivity index (χ0v) is 12.4. The van der Waals surface area contributed by atoms with Crippen LogP contribution in [0.1, 0.15) is 11.1 Å². The molecule has 0 fully saturated rings. The number of aliphatic hydroxyl groups is 2. The van der Waals surface area contributed by atoms with E-state index in [4.69, 9.17) is 10.8 Å². The van der Waals surface area contributed by atoms with E-state index in [2.05, 4.69) is 9.95 Å². The first-order valence-corrected chi connectivity index (χ1v) is 6.82. The molecule has 0 aliphatic carbocycles. The van der Waals surface area contributed by atoms with E-state index in [9.17, 15) is 15.0 Å². The van der Waals surface area contributed by atoms with E-state index in [0.29, 0.717) is 0 Å². The summed E-state index contributed by atoms with van der Waals surface area (Å²) in [6.45, 7) is 0. The molecule has 2 aromatic carbocycles. The van der Waals surface area contributed by atoms with E-state index in [1.807, 2.05) is 0 Å². The van der Waals surface area contributed by atoms with E-state index in [1.54, 1.807) is 36.4 Å². The summed E-state index contributed by atoms with van der Waals surface area (Å²) in [6.07, 6.45) is 0. The molecule has 0 radical (unpaired) electrons. The zero-order valence-electron chi connectivity index (χ0n) is 12.4. The second kappa shape index (κ2) is 7.34. The van der Waals surface area contributed by atoms with Crippen LogP contribution >= 0.6 is 0 Å². The Morgan fingerprint density at radius 1 is 0.708 bits per heavy atom. The van der Waals surface area contributed by atoms with Gasteiger partial charge in [-0.1, -0.05) is 60.7 Å². The SMILES string of the molecule is N#[N+]/C(C(=O)/C([N+]#N)=C(\O)c1ccccc1)=C(/O)c1ccccc1. The average molecular weight is 320 g/mol. The molecule has 0 aliphatic rings. The van der Waals surface area contributed by atoms with E-state index in [0.717, 1.165) is 0 Å². The minimum Gasteiger partial charge on any atom is -0.501 e. The molecule has 0 saturated carbocycles. The van der Waals surface area contributed by atoms with Crippen LogP contribution in [0.25, 0.3) is 21.5 Å². The van der Waals surface area contributed by atoms with Crippen LogP contribution in [-0.2, 0) is 4.79 Å². The number of nitrogens with zero attached hydrogens (tertiary/aromatic N) is 4. The van der Waals surface area contributed by atoms with Crippen molar-refractivity contribution in [2.24, 2.45) is 0 Å². The maximum atomic E-state index is 12.4. The minimum atomic E-state index is -1.15. The summed E-state index contributed by atoms with van der Waals surface area (Å²) in [5, 5.41) is 38.4. The highest BCUT2D eigenvalue weighted by Gasteiger charge is 2.43. The molecule has 7 heteroatoms. The molecular formula is C17H12N4O3+2. The van der Waals surface area contributed by atoms with E-state index in [-0.39, 0.29) is 11.1 Å². The summed E-state index contributed by atoms with van der Waals surface area (Å²) in [4.78, 5) is 17.9. The minimum absolute atomic E-state index is 0.218. The van der Waals surface area contributed by atoms with Gasteiger partial charge >= 0.3 is 17.2 Å². The number of aliphatic hydroxyl groups excluding tert-OH is 2. The summed E-state index contributed by atoms with van der Waals surface area (Å²) in [5.41, 5.74) is -1.10. The summed E-state index contributed by atoms with van der Waals surface area (Å²) in [7, 11) is 0. The molecular weight excluding hydrogens is 308 g/mol. The molecule has 0 aromatic heterocycles. The number of benzene rings is 2. The Labute approximate surface area is 137 Å². The first-order valence-electron chi connectivity index (χ1n) is 6.82. The fourth-order valence-electron chi connectivity index (χ4n) is 1.98. The lowest BCUT2D eigenvalue weighted by Gasteiger charge is -1.96. The zero-order chi connectivity index (χ0) is 17.5. The molecule has 0 atom stereocenters. The third-order valence-corrected chi connectivity index (χ3v) is 3.17. The second-order valence-corrected chi connectivity index (χ2v) is 4.66. The Morgan fingerprint density at radius 3 is 1.33 bits per heavy atom. The molecule has 0 saturated heterocycles. The van der Waals surface area contributed by atoms with Gasteiger partial charge in [-0.25, -0.2) is 0 Å². The molecule has 2 N–H and O–H groups in total. The summed E-state index contributed by atoms with van der Waals surface area (Å²) >= 11 is 0. The fourth-order valence-corrected chi connectivity index (χ4v) is 1.98. The lowest BCUT2D eigenvalue weighted by Crippen LogP contribution is -2.07. The number of hydrogen-bond acceptors (Lipinski definition) is 5. The largest absolute Gasteiger partial charge is 0.501 e. The Bertz CT molecular complexity index is 829. The van der Waals surface area contributed by atoms with Crippen molar-refractivity contribution in [1.29, 1.82) is 10.8 Å². The summed E-state index contributed by atoms with van der Waals surface area (Å²) in [5.74, 6) is -2.39. The van der Waals surface area contributed by atoms with Crippen LogP contribution in [-0.4, -0.2) is 16.0 Å². The molecule has 0 unspecified atom stereocenters. The van der Waals surface area contributed by atoms with Crippen LogP contribution in [0.15, 0.2) is 72.1 Å². The van der Waals surface area contributed by atoms with Gasteiger partial charge in [0, 0.05) is 11.1 Å². The highest BCUT2D eigenvalue weighted by molar-refractivity contribution is 6.17. The number of diazo groups is 2. The molecule has 2 aromatic rings. The lowest BCUT2D eigenvalue weighted by molar-refractivity contribution is -0.111. The van der Waals surface area contributed by atoms with Gasteiger partial charge in [0.05, 0.1) is 0 Å². The van der Waals surface area contributed by atoms with Crippen molar-refractivity contribution in [2.45, 2.75) is 0 Å². The molecule has 0 spiro atoms. The number of ketones is 1.